The Kier molecular flexibility index (Phi) is 2.59. The lowest BCUT2D eigenvalue weighted by atomic mass is 10.2. The summed E-state index contributed by atoms with van der Waals surface area (Å²) in [6.07, 6.45) is 1.19. The quantitative estimate of drug-likeness (QED) is 0.805. The van der Waals surface area contributed by atoms with Crippen molar-refractivity contribution in [1.29, 1.82) is 0 Å². The monoisotopic (exact) mass is 236 g/mol. The predicted octanol–water partition coefficient (Wildman–Crippen LogP) is 2.66. The van der Waals surface area contributed by atoms with Gasteiger partial charge < -0.3 is 4.42 Å². The normalized spacial score (nSPS) is 11.6. The third-order valence-corrected chi connectivity index (χ3v) is 3.40. The second kappa shape index (κ2) is 3.79. The molecule has 16 heavy (non-hydrogen) atoms. The van der Waals surface area contributed by atoms with E-state index in [1.165, 1.54) is 6.26 Å². The zero-order chi connectivity index (χ0) is 11.8. The van der Waals surface area contributed by atoms with Gasteiger partial charge in [-0.25, -0.2) is 8.42 Å². The summed E-state index contributed by atoms with van der Waals surface area (Å²) in [5, 5.41) is 0. The third-order valence-electron chi connectivity index (χ3n) is 2.29. The van der Waals surface area contributed by atoms with Gasteiger partial charge in [0.15, 0.2) is 9.84 Å². The van der Waals surface area contributed by atoms with E-state index in [0.717, 1.165) is 11.3 Å². The lowest BCUT2D eigenvalue weighted by Crippen LogP contribution is -1.96. The van der Waals surface area contributed by atoms with E-state index in [1.807, 2.05) is 25.1 Å². The van der Waals surface area contributed by atoms with Gasteiger partial charge in [0.05, 0.1) is 4.90 Å². The molecule has 0 N–H and O–H groups in total. The highest BCUT2D eigenvalue weighted by molar-refractivity contribution is 7.90. The molecule has 0 atom stereocenters. The Morgan fingerprint density at radius 3 is 2.44 bits per heavy atom. The van der Waals surface area contributed by atoms with Crippen molar-refractivity contribution in [1.82, 2.24) is 0 Å². The molecule has 1 heterocycles. The Hall–Kier alpha value is -1.55. The van der Waals surface area contributed by atoms with E-state index in [4.69, 9.17) is 4.42 Å². The largest absolute Gasteiger partial charge is 0.461 e. The first-order valence-electron chi connectivity index (χ1n) is 4.84. The molecule has 0 unspecified atom stereocenters. The Morgan fingerprint density at radius 2 is 1.88 bits per heavy atom. The standard InChI is InChI=1S/C12H12O3S/c1-9-6-7-12(15-9)10-4-3-5-11(8-10)16(2,13)14/h3-8H,1-2H3. The number of hydrogen-bond acceptors (Lipinski definition) is 3. The molecule has 0 spiro atoms. The highest BCUT2D eigenvalue weighted by Crippen LogP contribution is 2.24. The van der Waals surface area contributed by atoms with Gasteiger partial charge in [0.1, 0.15) is 11.5 Å². The predicted molar refractivity (Wildman–Crippen MR) is 62.0 cm³/mol. The fraction of sp³-hybridized carbons (Fsp3) is 0.167. The van der Waals surface area contributed by atoms with Gasteiger partial charge in [-0.05, 0) is 31.2 Å². The first-order valence-corrected chi connectivity index (χ1v) is 6.73. The van der Waals surface area contributed by atoms with Gasteiger partial charge >= 0.3 is 0 Å². The van der Waals surface area contributed by atoms with Crippen molar-refractivity contribution in [3.63, 3.8) is 0 Å². The molecule has 3 nitrogen and oxygen atoms in total. The molecule has 84 valence electrons. The van der Waals surface area contributed by atoms with E-state index in [0.29, 0.717) is 10.7 Å². The zero-order valence-corrected chi connectivity index (χ0v) is 9.91. The SMILES string of the molecule is Cc1ccc(-c2cccc(S(C)(=O)=O)c2)o1. The summed E-state index contributed by atoms with van der Waals surface area (Å²) in [5.41, 5.74) is 0.774. The van der Waals surface area contributed by atoms with Crippen LogP contribution in [-0.4, -0.2) is 14.7 Å². The van der Waals surface area contributed by atoms with E-state index in [-0.39, 0.29) is 0 Å². The van der Waals surface area contributed by atoms with Gasteiger partial charge in [-0.2, -0.15) is 0 Å². The van der Waals surface area contributed by atoms with Gasteiger partial charge in [0.2, 0.25) is 0 Å². The minimum atomic E-state index is -3.17. The minimum absolute atomic E-state index is 0.305. The second-order valence-electron chi connectivity index (χ2n) is 3.71. The van der Waals surface area contributed by atoms with Crippen molar-refractivity contribution in [3.8, 4) is 11.3 Å². The molecule has 4 heteroatoms. The van der Waals surface area contributed by atoms with Gasteiger partial charge in [-0.1, -0.05) is 12.1 Å². The van der Waals surface area contributed by atoms with Crippen LogP contribution in [0.3, 0.4) is 0 Å². The van der Waals surface area contributed by atoms with Crippen molar-refractivity contribution in [2.24, 2.45) is 0 Å². The van der Waals surface area contributed by atoms with Crippen molar-refractivity contribution in [3.05, 3.63) is 42.2 Å². The highest BCUT2D eigenvalue weighted by atomic mass is 32.2. The maximum Gasteiger partial charge on any atom is 0.175 e. The average Bonchev–Trinajstić information content (AvgIpc) is 2.64. The van der Waals surface area contributed by atoms with Crippen LogP contribution >= 0.6 is 0 Å². The fourth-order valence-corrected chi connectivity index (χ4v) is 2.14. The van der Waals surface area contributed by atoms with Gasteiger partial charge in [0, 0.05) is 11.8 Å². The molecule has 1 aromatic heterocycles. The topological polar surface area (TPSA) is 47.3 Å². The number of hydrogen-bond donors (Lipinski definition) is 0. The van der Waals surface area contributed by atoms with Crippen LogP contribution in [0.5, 0.6) is 0 Å². The van der Waals surface area contributed by atoms with Crippen molar-refractivity contribution in [2.45, 2.75) is 11.8 Å². The van der Waals surface area contributed by atoms with E-state index in [1.54, 1.807) is 18.2 Å². The summed E-state index contributed by atoms with van der Waals surface area (Å²) < 4.78 is 28.2. The third kappa shape index (κ3) is 2.17. The summed E-state index contributed by atoms with van der Waals surface area (Å²) in [4.78, 5) is 0.305. The molecular formula is C12H12O3S. The Labute approximate surface area is 94.6 Å². The lowest BCUT2D eigenvalue weighted by Gasteiger charge is -2.01. The molecule has 0 bridgehead atoms. The summed E-state index contributed by atoms with van der Waals surface area (Å²) in [6, 6.07) is 10.4. The molecule has 0 aliphatic heterocycles. The molecule has 0 amide bonds. The molecule has 1 aromatic carbocycles. The van der Waals surface area contributed by atoms with Gasteiger partial charge in [-0.15, -0.1) is 0 Å². The number of benzene rings is 1. The Morgan fingerprint density at radius 1 is 1.12 bits per heavy atom. The molecular weight excluding hydrogens is 224 g/mol. The molecule has 0 fully saturated rings. The van der Waals surface area contributed by atoms with E-state index in [9.17, 15) is 8.42 Å². The number of rotatable bonds is 2. The zero-order valence-electron chi connectivity index (χ0n) is 9.10. The van der Waals surface area contributed by atoms with Crippen molar-refractivity contribution >= 4 is 9.84 Å². The van der Waals surface area contributed by atoms with Crippen LogP contribution in [0.25, 0.3) is 11.3 Å². The summed E-state index contributed by atoms with van der Waals surface area (Å²) >= 11 is 0. The van der Waals surface area contributed by atoms with Crippen molar-refractivity contribution < 1.29 is 12.8 Å². The average molecular weight is 236 g/mol. The second-order valence-corrected chi connectivity index (χ2v) is 5.73. The van der Waals surface area contributed by atoms with Crippen LogP contribution in [0.15, 0.2) is 45.7 Å². The minimum Gasteiger partial charge on any atom is -0.461 e. The van der Waals surface area contributed by atoms with Gasteiger partial charge in [0.25, 0.3) is 0 Å². The van der Waals surface area contributed by atoms with Crippen LogP contribution in [0.1, 0.15) is 5.76 Å². The van der Waals surface area contributed by atoms with Crippen LogP contribution in [0, 0.1) is 6.92 Å². The van der Waals surface area contributed by atoms with Crippen LogP contribution in [-0.2, 0) is 9.84 Å². The Balaban J connectivity index is 2.52. The summed E-state index contributed by atoms with van der Waals surface area (Å²) in [5.74, 6) is 1.49. The molecule has 0 aliphatic rings. The summed E-state index contributed by atoms with van der Waals surface area (Å²) in [6.45, 7) is 1.85. The number of furan rings is 1. The number of aryl methyl sites for hydroxylation is 1. The first-order chi connectivity index (χ1) is 7.47. The van der Waals surface area contributed by atoms with Crippen LogP contribution in [0.4, 0.5) is 0 Å². The fourth-order valence-electron chi connectivity index (χ4n) is 1.47. The maximum atomic E-state index is 11.4. The molecule has 0 saturated heterocycles. The van der Waals surface area contributed by atoms with E-state index in [2.05, 4.69) is 0 Å². The van der Waals surface area contributed by atoms with E-state index >= 15 is 0 Å². The smallest absolute Gasteiger partial charge is 0.175 e. The molecule has 2 aromatic rings. The first kappa shape index (κ1) is 11.0. The maximum absolute atomic E-state index is 11.4. The molecule has 2 rings (SSSR count). The molecule has 0 saturated carbocycles. The molecule has 0 aliphatic carbocycles. The lowest BCUT2D eigenvalue weighted by molar-refractivity contribution is 0.548. The van der Waals surface area contributed by atoms with Crippen LogP contribution in [0.2, 0.25) is 0 Å². The van der Waals surface area contributed by atoms with Gasteiger partial charge in [-0.3, -0.25) is 0 Å². The highest BCUT2D eigenvalue weighted by Gasteiger charge is 2.09. The van der Waals surface area contributed by atoms with Crippen molar-refractivity contribution in [2.75, 3.05) is 6.26 Å². The number of sulfone groups is 1. The Bertz CT molecular complexity index is 609. The molecule has 0 radical (unpaired) electrons. The van der Waals surface area contributed by atoms with E-state index < -0.39 is 9.84 Å². The summed E-state index contributed by atoms with van der Waals surface area (Å²) in [7, 11) is -3.17. The van der Waals surface area contributed by atoms with Crippen LogP contribution < -0.4 is 0 Å².